The molecule has 0 saturated heterocycles. The van der Waals surface area contributed by atoms with Crippen molar-refractivity contribution in [2.24, 2.45) is 5.92 Å². The summed E-state index contributed by atoms with van der Waals surface area (Å²) >= 11 is 0. The molecule has 2 nitrogen and oxygen atoms in total. The second-order valence-electron chi connectivity index (χ2n) is 5.52. The quantitative estimate of drug-likeness (QED) is 0.652. The second-order valence-corrected chi connectivity index (χ2v) is 5.52. The molecule has 0 spiro atoms. The molecular formula is C13H29NO. The normalized spacial score (nSPS) is 17.8. The summed E-state index contributed by atoms with van der Waals surface area (Å²) in [7, 11) is 0. The maximum Gasteiger partial charge on any atom is 0.0746 e. The van der Waals surface area contributed by atoms with Crippen molar-refractivity contribution in [3.63, 3.8) is 0 Å². The van der Waals surface area contributed by atoms with Crippen molar-refractivity contribution in [3.8, 4) is 0 Å². The van der Waals surface area contributed by atoms with Crippen LogP contribution in [-0.4, -0.2) is 23.3 Å². The Labute approximate surface area is 95.5 Å². The van der Waals surface area contributed by atoms with E-state index in [9.17, 15) is 5.11 Å². The van der Waals surface area contributed by atoms with Crippen molar-refractivity contribution in [1.82, 2.24) is 5.32 Å². The average molecular weight is 215 g/mol. The summed E-state index contributed by atoms with van der Waals surface area (Å²) in [5, 5.41) is 13.5. The van der Waals surface area contributed by atoms with Gasteiger partial charge in [0.15, 0.2) is 0 Å². The van der Waals surface area contributed by atoms with Gasteiger partial charge in [0.1, 0.15) is 0 Å². The van der Waals surface area contributed by atoms with Gasteiger partial charge in [-0.1, -0.05) is 33.6 Å². The summed E-state index contributed by atoms with van der Waals surface area (Å²) in [5.41, 5.74) is -0.561. The Kier molecular flexibility index (Phi) is 7.20. The van der Waals surface area contributed by atoms with Crippen LogP contribution < -0.4 is 5.32 Å². The number of aliphatic hydroxyl groups is 1. The smallest absolute Gasteiger partial charge is 0.0746 e. The molecule has 2 N–H and O–H groups in total. The van der Waals surface area contributed by atoms with Crippen molar-refractivity contribution < 1.29 is 5.11 Å². The molecule has 92 valence electrons. The van der Waals surface area contributed by atoms with Gasteiger partial charge in [-0.15, -0.1) is 0 Å². The summed E-state index contributed by atoms with van der Waals surface area (Å²) in [5.74, 6) is 0.549. The molecule has 0 aromatic heterocycles. The molecule has 0 aliphatic heterocycles. The first-order valence-corrected chi connectivity index (χ1v) is 6.33. The summed E-state index contributed by atoms with van der Waals surface area (Å²) < 4.78 is 0. The lowest BCUT2D eigenvalue weighted by Gasteiger charge is -2.27. The molecule has 0 radical (unpaired) electrons. The topological polar surface area (TPSA) is 32.3 Å². The first kappa shape index (κ1) is 14.9. The van der Waals surface area contributed by atoms with Gasteiger partial charge in [0.25, 0.3) is 0 Å². The highest BCUT2D eigenvalue weighted by atomic mass is 16.3. The van der Waals surface area contributed by atoms with Crippen LogP contribution in [0.4, 0.5) is 0 Å². The summed E-state index contributed by atoms with van der Waals surface area (Å²) in [4.78, 5) is 0. The maximum atomic E-state index is 10.1. The lowest BCUT2D eigenvalue weighted by Crippen LogP contribution is -2.42. The minimum Gasteiger partial charge on any atom is -0.389 e. The first-order valence-electron chi connectivity index (χ1n) is 6.33. The number of hydrogen-bond donors (Lipinski definition) is 2. The molecule has 0 amide bonds. The van der Waals surface area contributed by atoms with E-state index in [4.69, 9.17) is 0 Å². The van der Waals surface area contributed by atoms with E-state index in [-0.39, 0.29) is 0 Å². The van der Waals surface area contributed by atoms with Crippen LogP contribution in [0.1, 0.15) is 60.3 Å². The van der Waals surface area contributed by atoms with Crippen LogP contribution in [0.2, 0.25) is 0 Å². The zero-order valence-corrected chi connectivity index (χ0v) is 11.1. The number of rotatable bonds is 8. The van der Waals surface area contributed by atoms with Gasteiger partial charge in [-0.25, -0.2) is 0 Å². The molecule has 2 heteroatoms. The molecule has 0 bridgehead atoms. The number of nitrogens with one attached hydrogen (secondary N) is 1. The largest absolute Gasteiger partial charge is 0.389 e. The molecule has 2 unspecified atom stereocenters. The molecule has 0 heterocycles. The number of hydrogen-bond acceptors (Lipinski definition) is 2. The standard InChI is InChI=1S/C13H29NO/c1-6-7-8-12(4)14-10-13(5,15)9-11(2)3/h11-12,14-15H,6-10H2,1-5H3. The average Bonchev–Trinajstić information content (AvgIpc) is 2.09. The van der Waals surface area contributed by atoms with Crippen LogP contribution in [0.25, 0.3) is 0 Å². The molecule has 2 atom stereocenters. The molecular weight excluding hydrogens is 186 g/mol. The van der Waals surface area contributed by atoms with Crippen molar-refractivity contribution in [1.29, 1.82) is 0 Å². The Morgan fingerprint density at radius 3 is 2.33 bits per heavy atom. The number of unbranched alkanes of at least 4 members (excludes halogenated alkanes) is 1. The van der Waals surface area contributed by atoms with Gasteiger partial charge >= 0.3 is 0 Å². The third kappa shape index (κ3) is 8.88. The maximum absolute atomic E-state index is 10.1. The van der Waals surface area contributed by atoms with Gasteiger partial charge in [-0.3, -0.25) is 0 Å². The van der Waals surface area contributed by atoms with E-state index in [2.05, 4.69) is 33.0 Å². The third-order valence-corrected chi connectivity index (χ3v) is 2.67. The highest BCUT2D eigenvalue weighted by Crippen LogP contribution is 2.15. The van der Waals surface area contributed by atoms with Crippen LogP contribution in [-0.2, 0) is 0 Å². The van der Waals surface area contributed by atoms with E-state index in [1.807, 2.05) is 6.92 Å². The lowest BCUT2D eigenvalue weighted by molar-refractivity contribution is 0.0361. The van der Waals surface area contributed by atoms with Gasteiger partial charge in [0, 0.05) is 12.6 Å². The van der Waals surface area contributed by atoms with Gasteiger partial charge in [0.2, 0.25) is 0 Å². The SMILES string of the molecule is CCCCC(C)NCC(C)(O)CC(C)C. The minimum absolute atomic E-state index is 0.517. The molecule has 0 aromatic carbocycles. The first-order chi connectivity index (χ1) is 6.87. The van der Waals surface area contributed by atoms with E-state index >= 15 is 0 Å². The van der Waals surface area contributed by atoms with Crippen molar-refractivity contribution in [3.05, 3.63) is 0 Å². The molecule has 0 saturated carbocycles. The summed E-state index contributed by atoms with van der Waals surface area (Å²) in [6.45, 7) is 11.3. The minimum atomic E-state index is -0.561. The lowest BCUT2D eigenvalue weighted by atomic mass is 9.94. The van der Waals surface area contributed by atoms with Crippen molar-refractivity contribution in [2.75, 3.05) is 6.54 Å². The predicted molar refractivity (Wildman–Crippen MR) is 67.1 cm³/mol. The summed E-state index contributed by atoms with van der Waals surface area (Å²) in [6, 6.07) is 0.517. The van der Waals surface area contributed by atoms with E-state index in [0.717, 1.165) is 6.42 Å². The fourth-order valence-electron chi connectivity index (χ4n) is 1.96. The highest BCUT2D eigenvalue weighted by Gasteiger charge is 2.21. The fourth-order valence-corrected chi connectivity index (χ4v) is 1.96. The van der Waals surface area contributed by atoms with Crippen LogP contribution in [0.5, 0.6) is 0 Å². The fraction of sp³-hybridized carbons (Fsp3) is 1.00. The van der Waals surface area contributed by atoms with Crippen molar-refractivity contribution in [2.45, 2.75) is 71.9 Å². The van der Waals surface area contributed by atoms with Gasteiger partial charge in [0.05, 0.1) is 5.60 Å². The Morgan fingerprint density at radius 1 is 1.27 bits per heavy atom. The van der Waals surface area contributed by atoms with Crippen LogP contribution in [0, 0.1) is 5.92 Å². The van der Waals surface area contributed by atoms with E-state index < -0.39 is 5.60 Å². The monoisotopic (exact) mass is 215 g/mol. The predicted octanol–water partition coefficient (Wildman–Crippen LogP) is 2.95. The molecule has 0 fully saturated rings. The molecule has 0 rings (SSSR count). The van der Waals surface area contributed by atoms with E-state index in [1.54, 1.807) is 0 Å². The third-order valence-electron chi connectivity index (χ3n) is 2.67. The molecule has 0 aliphatic carbocycles. The van der Waals surface area contributed by atoms with Gasteiger partial charge < -0.3 is 10.4 Å². The van der Waals surface area contributed by atoms with Crippen LogP contribution >= 0.6 is 0 Å². The molecule has 15 heavy (non-hydrogen) atoms. The van der Waals surface area contributed by atoms with Gasteiger partial charge in [-0.05, 0) is 32.6 Å². The van der Waals surface area contributed by atoms with E-state index in [0.29, 0.717) is 18.5 Å². The Bertz CT molecular complexity index is 155. The Hall–Kier alpha value is -0.0800. The van der Waals surface area contributed by atoms with E-state index in [1.165, 1.54) is 19.3 Å². The zero-order chi connectivity index (χ0) is 11.9. The van der Waals surface area contributed by atoms with Crippen LogP contribution in [0.15, 0.2) is 0 Å². The van der Waals surface area contributed by atoms with Crippen molar-refractivity contribution >= 4 is 0 Å². The molecule has 0 aliphatic rings. The zero-order valence-electron chi connectivity index (χ0n) is 11.1. The highest BCUT2D eigenvalue weighted by molar-refractivity contribution is 4.78. The van der Waals surface area contributed by atoms with Gasteiger partial charge in [-0.2, -0.15) is 0 Å². The summed E-state index contributed by atoms with van der Waals surface area (Å²) in [6.07, 6.45) is 4.57. The Morgan fingerprint density at radius 2 is 1.87 bits per heavy atom. The molecule has 0 aromatic rings. The Balaban J connectivity index is 3.71. The van der Waals surface area contributed by atoms with Crippen LogP contribution in [0.3, 0.4) is 0 Å². The second kappa shape index (κ2) is 7.24.